The van der Waals surface area contributed by atoms with Crippen LogP contribution in [0.3, 0.4) is 0 Å². The molecule has 1 saturated heterocycles. The third-order valence-corrected chi connectivity index (χ3v) is 3.88. The van der Waals surface area contributed by atoms with E-state index in [-0.39, 0.29) is 12.6 Å². The fourth-order valence-electron chi connectivity index (χ4n) is 2.87. The molecule has 104 valence electrons. The minimum atomic E-state index is 0.0482. The molecular weight excluding hydrogens is 232 g/mol. The maximum absolute atomic E-state index is 12.5. The van der Waals surface area contributed by atoms with Crippen LogP contribution in [0.15, 0.2) is 0 Å². The molecule has 5 nitrogen and oxygen atoms in total. The first kappa shape index (κ1) is 13.6. The maximum atomic E-state index is 12.5. The first-order chi connectivity index (χ1) is 8.83. The lowest BCUT2D eigenvalue weighted by Gasteiger charge is -2.38. The van der Waals surface area contributed by atoms with Gasteiger partial charge in [-0.15, -0.1) is 0 Å². The van der Waals surface area contributed by atoms with Crippen LogP contribution >= 0.6 is 0 Å². The number of morpholine rings is 1. The largest absolute Gasteiger partial charge is 0.395 e. The van der Waals surface area contributed by atoms with E-state index in [0.29, 0.717) is 38.9 Å². The molecule has 2 aliphatic rings. The number of hydrogen-bond donors (Lipinski definition) is 1. The van der Waals surface area contributed by atoms with Gasteiger partial charge in [0, 0.05) is 25.7 Å². The van der Waals surface area contributed by atoms with Crippen molar-refractivity contribution in [1.29, 1.82) is 0 Å². The molecule has 0 spiro atoms. The third-order valence-electron chi connectivity index (χ3n) is 3.88. The van der Waals surface area contributed by atoms with Crippen LogP contribution in [0.2, 0.25) is 0 Å². The van der Waals surface area contributed by atoms with E-state index in [0.717, 1.165) is 12.8 Å². The highest BCUT2D eigenvalue weighted by molar-refractivity contribution is 5.75. The van der Waals surface area contributed by atoms with Crippen molar-refractivity contribution in [2.45, 2.75) is 38.1 Å². The Balaban J connectivity index is 1.96. The zero-order valence-corrected chi connectivity index (χ0v) is 11.0. The van der Waals surface area contributed by atoms with E-state index in [4.69, 9.17) is 4.74 Å². The first-order valence-electron chi connectivity index (χ1n) is 7.07. The lowest BCUT2D eigenvalue weighted by atomic mass is 9.94. The predicted molar refractivity (Wildman–Crippen MR) is 68.5 cm³/mol. The zero-order chi connectivity index (χ0) is 12.8. The van der Waals surface area contributed by atoms with Gasteiger partial charge in [-0.05, 0) is 12.8 Å². The molecule has 0 unspecified atom stereocenters. The van der Waals surface area contributed by atoms with Crippen LogP contribution in [-0.2, 0) is 4.74 Å². The number of aliphatic hydroxyl groups excluding tert-OH is 1. The summed E-state index contributed by atoms with van der Waals surface area (Å²) >= 11 is 0. The maximum Gasteiger partial charge on any atom is 0.320 e. The molecule has 1 heterocycles. The van der Waals surface area contributed by atoms with Gasteiger partial charge in [-0.25, -0.2) is 4.79 Å². The summed E-state index contributed by atoms with van der Waals surface area (Å²) in [5.41, 5.74) is 0. The molecule has 2 fully saturated rings. The Morgan fingerprint density at radius 3 is 2.50 bits per heavy atom. The zero-order valence-electron chi connectivity index (χ0n) is 11.0. The second kappa shape index (κ2) is 6.95. The van der Waals surface area contributed by atoms with E-state index < -0.39 is 0 Å². The summed E-state index contributed by atoms with van der Waals surface area (Å²) < 4.78 is 5.27. The van der Waals surface area contributed by atoms with Gasteiger partial charge in [-0.2, -0.15) is 0 Å². The second-order valence-electron chi connectivity index (χ2n) is 5.09. The Morgan fingerprint density at radius 2 is 1.89 bits per heavy atom. The fraction of sp³-hybridized carbons (Fsp3) is 0.923. The molecule has 1 N–H and O–H groups in total. The molecule has 0 aromatic rings. The van der Waals surface area contributed by atoms with Gasteiger partial charge >= 0.3 is 6.03 Å². The molecule has 18 heavy (non-hydrogen) atoms. The Hall–Kier alpha value is -0.810. The fourth-order valence-corrected chi connectivity index (χ4v) is 2.87. The number of aliphatic hydroxyl groups is 1. The summed E-state index contributed by atoms with van der Waals surface area (Å²) in [5.74, 6) is 0. The molecule has 0 radical (unpaired) electrons. The third kappa shape index (κ3) is 3.36. The minimum Gasteiger partial charge on any atom is -0.395 e. The van der Waals surface area contributed by atoms with Crippen molar-refractivity contribution >= 4 is 6.03 Å². The van der Waals surface area contributed by atoms with Crippen molar-refractivity contribution in [2.24, 2.45) is 0 Å². The summed E-state index contributed by atoms with van der Waals surface area (Å²) in [6, 6.07) is 0.403. The molecule has 1 aliphatic carbocycles. The lowest BCUT2D eigenvalue weighted by molar-refractivity contribution is 0.0344. The van der Waals surface area contributed by atoms with E-state index in [1.54, 1.807) is 0 Å². The van der Waals surface area contributed by atoms with Crippen LogP contribution in [-0.4, -0.2) is 66.4 Å². The number of rotatable bonds is 3. The normalized spacial score (nSPS) is 21.9. The van der Waals surface area contributed by atoms with Crippen LogP contribution in [0.1, 0.15) is 32.1 Å². The number of amides is 2. The summed E-state index contributed by atoms with van der Waals surface area (Å²) in [6.07, 6.45) is 5.83. The predicted octanol–water partition coefficient (Wildman–Crippen LogP) is 1.07. The highest BCUT2D eigenvalue weighted by Gasteiger charge is 2.29. The summed E-state index contributed by atoms with van der Waals surface area (Å²) in [7, 11) is 0. The standard InChI is InChI=1S/C13H24N2O3/c16-9-6-15(12-4-2-1-3-5-12)13(17)14-7-10-18-11-8-14/h12,16H,1-11H2. The second-order valence-corrected chi connectivity index (χ2v) is 5.09. The lowest BCUT2D eigenvalue weighted by Crippen LogP contribution is -2.52. The van der Waals surface area contributed by atoms with Gasteiger partial charge in [-0.1, -0.05) is 19.3 Å². The number of urea groups is 1. The van der Waals surface area contributed by atoms with E-state index >= 15 is 0 Å². The van der Waals surface area contributed by atoms with Gasteiger partial charge in [0.05, 0.1) is 19.8 Å². The van der Waals surface area contributed by atoms with Crippen molar-refractivity contribution < 1.29 is 14.6 Å². The highest BCUT2D eigenvalue weighted by Crippen LogP contribution is 2.23. The number of ether oxygens (including phenoxy) is 1. The van der Waals surface area contributed by atoms with Gasteiger partial charge in [0.25, 0.3) is 0 Å². The Bertz CT molecular complexity index is 261. The summed E-state index contributed by atoms with van der Waals surface area (Å²) in [5, 5.41) is 9.18. The van der Waals surface area contributed by atoms with Gasteiger partial charge in [0.15, 0.2) is 0 Å². The van der Waals surface area contributed by atoms with Gasteiger partial charge in [0.2, 0.25) is 0 Å². The topological polar surface area (TPSA) is 53.0 Å². The SMILES string of the molecule is O=C(N1CCOCC1)N(CCO)C1CCCCC1. The Labute approximate surface area is 109 Å². The van der Waals surface area contributed by atoms with Gasteiger partial charge in [0.1, 0.15) is 0 Å². The molecule has 0 aromatic heterocycles. The Kier molecular flexibility index (Phi) is 5.26. The van der Waals surface area contributed by atoms with Gasteiger partial charge < -0.3 is 19.6 Å². The van der Waals surface area contributed by atoms with Crippen molar-refractivity contribution in [3.8, 4) is 0 Å². The molecule has 2 amide bonds. The van der Waals surface area contributed by atoms with E-state index in [9.17, 15) is 9.90 Å². The first-order valence-corrected chi connectivity index (χ1v) is 7.07. The van der Waals surface area contributed by atoms with E-state index in [1.165, 1.54) is 19.3 Å². The van der Waals surface area contributed by atoms with E-state index in [1.807, 2.05) is 9.80 Å². The van der Waals surface area contributed by atoms with Crippen LogP contribution in [0, 0.1) is 0 Å². The number of carbonyl (C=O) groups excluding carboxylic acids is 1. The molecule has 0 aromatic carbocycles. The van der Waals surface area contributed by atoms with E-state index in [2.05, 4.69) is 0 Å². The summed E-state index contributed by atoms with van der Waals surface area (Å²) in [6.45, 7) is 3.11. The van der Waals surface area contributed by atoms with Crippen LogP contribution in [0.5, 0.6) is 0 Å². The Morgan fingerprint density at radius 1 is 1.22 bits per heavy atom. The molecule has 2 rings (SSSR count). The smallest absolute Gasteiger partial charge is 0.320 e. The van der Waals surface area contributed by atoms with Crippen molar-refractivity contribution in [2.75, 3.05) is 39.5 Å². The average Bonchev–Trinajstić information content (AvgIpc) is 2.46. The molecular formula is C13H24N2O3. The molecule has 1 saturated carbocycles. The molecule has 0 atom stereocenters. The van der Waals surface area contributed by atoms with Crippen LogP contribution in [0.4, 0.5) is 4.79 Å². The van der Waals surface area contributed by atoms with Crippen LogP contribution in [0.25, 0.3) is 0 Å². The highest BCUT2D eigenvalue weighted by atomic mass is 16.5. The molecule has 0 bridgehead atoms. The number of hydrogen-bond acceptors (Lipinski definition) is 3. The van der Waals surface area contributed by atoms with Crippen molar-refractivity contribution in [1.82, 2.24) is 9.80 Å². The molecule has 1 aliphatic heterocycles. The number of nitrogens with zero attached hydrogens (tertiary/aromatic N) is 2. The van der Waals surface area contributed by atoms with Gasteiger partial charge in [-0.3, -0.25) is 0 Å². The monoisotopic (exact) mass is 256 g/mol. The molecule has 5 heteroatoms. The summed E-state index contributed by atoms with van der Waals surface area (Å²) in [4.78, 5) is 16.2. The van der Waals surface area contributed by atoms with Crippen molar-refractivity contribution in [3.05, 3.63) is 0 Å². The minimum absolute atomic E-state index is 0.0482. The average molecular weight is 256 g/mol. The van der Waals surface area contributed by atoms with Crippen LogP contribution < -0.4 is 0 Å². The number of carbonyl (C=O) groups is 1. The van der Waals surface area contributed by atoms with Crippen molar-refractivity contribution in [3.63, 3.8) is 0 Å². The quantitative estimate of drug-likeness (QED) is 0.821.